The van der Waals surface area contributed by atoms with Crippen molar-refractivity contribution < 1.29 is 9.53 Å². The average molecular weight is 409 g/mol. The molecular weight excluding hydrogens is 376 g/mol. The van der Waals surface area contributed by atoms with Crippen molar-refractivity contribution in [1.82, 2.24) is 15.1 Å². The van der Waals surface area contributed by atoms with E-state index < -0.39 is 0 Å². The van der Waals surface area contributed by atoms with Gasteiger partial charge < -0.3 is 19.9 Å². The van der Waals surface area contributed by atoms with Crippen LogP contribution in [0.1, 0.15) is 29.5 Å². The Morgan fingerprint density at radius 2 is 1.80 bits per heavy atom. The monoisotopic (exact) mass is 408 g/mol. The van der Waals surface area contributed by atoms with Crippen LogP contribution in [-0.2, 0) is 17.9 Å². The predicted octanol–water partition coefficient (Wildman–Crippen LogP) is 3.20. The molecular formula is C24H32N4O2. The molecule has 0 aliphatic carbocycles. The van der Waals surface area contributed by atoms with Crippen molar-refractivity contribution in [3.05, 3.63) is 65.2 Å². The van der Waals surface area contributed by atoms with E-state index >= 15 is 0 Å². The summed E-state index contributed by atoms with van der Waals surface area (Å²) in [5, 5.41) is 3.34. The second-order valence-corrected chi connectivity index (χ2v) is 7.63. The van der Waals surface area contributed by atoms with Gasteiger partial charge in [0, 0.05) is 40.2 Å². The number of carbonyl (C=O) groups excluding carboxylic acids is 1. The highest BCUT2D eigenvalue weighted by Gasteiger charge is 2.22. The predicted molar refractivity (Wildman–Crippen MR) is 121 cm³/mol. The maximum atomic E-state index is 12.5. The molecule has 1 aliphatic rings. The van der Waals surface area contributed by atoms with Crippen molar-refractivity contribution in [1.29, 1.82) is 0 Å². The molecule has 160 valence electrons. The largest absolute Gasteiger partial charge is 0.491 e. The number of hydrogen-bond acceptors (Lipinski definition) is 3. The van der Waals surface area contributed by atoms with Crippen LogP contribution in [0.4, 0.5) is 0 Å². The zero-order chi connectivity index (χ0) is 21.3. The van der Waals surface area contributed by atoms with Gasteiger partial charge in [-0.3, -0.25) is 9.79 Å². The number of para-hydroxylation sites is 1. The van der Waals surface area contributed by atoms with Crippen LogP contribution in [-0.4, -0.2) is 55.5 Å². The Labute approximate surface area is 179 Å². The Bertz CT molecular complexity index is 856. The van der Waals surface area contributed by atoms with Crippen LogP contribution in [0.3, 0.4) is 0 Å². The first-order chi connectivity index (χ1) is 14.6. The SMILES string of the molecule is CN=C(NCCCC(=O)N1Cc2ccccc2C1)N(C)CCOc1ccccc1C. The number of guanidine groups is 1. The molecule has 0 radical (unpaired) electrons. The average Bonchev–Trinajstić information content (AvgIpc) is 3.19. The lowest BCUT2D eigenvalue weighted by molar-refractivity contribution is -0.131. The molecule has 0 spiro atoms. The molecule has 0 saturated carbocycles. The molecule has 0 unspecified atom stereocenters. The number of amides is 1. The standard InChI is InChI=1S/C24H32N4O2/c1-19-9-4-7-12-22(19)30-16-15-27(3)24(25-2)26-14-8-13-23(29)28-17-20-10-5-6-11-21(20)18-28/h4-7,9-12H,8,13-18H2,1-3H3,(H,25,26). The number of ether oxygens (including phenoxy) is 1. The van der Waals surface area contributed by atoms with Crippen LogP contribution < -0.4 is 10.1 Å². The van der Waals surface area contributed by atoms with Crippen molar-refractivity contribution in [2.45, 2.75) is 32.9 Å². The normalized spacial score (nSPS) is 13.2. The minimum atomic E-state index is 0.211. The molecule has 0 atom stereocenters. The zero-order valence-electron chi connectivity index (χ0n) is 18.2. The van der Waals surface area contributed by atoms with Crippen LogP contribution in [0.25, 0.3) is 0 Å². The van der Waals surface area contributed by atoms with Crippen LogP contribution >= 0.6 is 0 Å². The first kappa shape index (κ1) is 21.7. The van der Waals surface area contributed by atoms with Crippen molar-refractivity contribution in [2.24, 2.45) is 4.99 Å². The molecule has 0 aromatic heterocycles. The molecule has 30 heavy (non-hydrogen) atoms. The number of fused-ring (bicyclic) bond motifs is 1. The molecule has 6 heteroatoms. The fourth-order valence-electron chi connectivity index (χ4n) is 3.61. The Hall–Kier alpha value is -3.02. The minimum Gasteiger partial charge on any atom is -0.491 e. The minimum absolute atomic E-state index is 0.211. The van der Waals surface area contributed by atoms with E-state index in [0.29, 0.717) is 19.6 Å². The molecule has 3 rings (SSSR count). The number of aryl methyl sites for hydroxylation is 1. The second-order valence-electron chi connectivity index (χ2n) is 7.63. The Kier molecular flexibility index (Phi) is 7.71. The number of hydrogen-bond donors (Lipinski definition) is 1. The van der Waals surface area contributed by atoms with E-state index in [-0.39, 0.29) is 5.91 Å². The highest BCUT2D eigenvalue weighted by Crippen LogP contribution is 2.22. The van der Waals surface area contributed by atoms with Gasteiger partial charge in [-0.2, -0.15) is 0 Å². The molecule has 1 aliphatic heterocycles. The molecule has 6 nitrogen and oxygen atoms in total. The molecule has 2 aromatic carbocycles. The number of aliphatic imine (C=N–C) groups is 1. The lowest BCUT2D eigenvalue weighted by atomic mass is 10.1. The fourth-order valence-corrected chi connectivity index (χ4v) is 3.61. The maximum Gasteiger partial charge on any atom is 0.223 e. The van der Waals surface area contributed by atoms with Crippen molar-refractivity contribution in [3.8, 4) is 5.75 Å². The van der Waals surface area contributed by atoms with Crippen LogP contribution in [0.15, 0.2) is 53.5 Å². The summed E-state index contributed by atoms with van der Waals surface area (Å²) in [7, 11) is 3.76. The number of benzene rings is 2. The Morgan fingerprint density at radius 3 is 2.47 bits per heavy atom. The molecule has 0 saturated heterocycles. The number of nitrogens with one attached hydrogen (secondary N) is 1. The van der Waals surface area contributed by atoms with E-state index in [9.17, 15) is 4.79 Å². The molecule has 2 aromatic rings. The summed E-state index contributed by atoms with van der Waals surface area (Å²) in [6.45, 7) is 5.51. The van der Waals surface area contributed by atoms with E-state index in [1.165, 1.54) is 11.1 Å². The lowest BCUT2D eigenvalue weighted by Crippen LogP contribution is -2.41. The van der Waals surface area contributed by atoms with E-state index in [4.69, 9.17) is 4.74 Å². The molecule has 0 fully saturated rings. The summed E-state index contributed by atoms with van der Waals surface area (Å²) in [5.41, 5.74) is 3.66. The maximum absolute atomic E-state index is 12.5. The summed E-state index contributed by atoms with van der Waals surface area (Å²) in [5.74, 6) is 1.93. The first-order valence-electron chi connectivity index (χ1n) is 10.5. The van der Waals surface area contributed by atoms with Crippen molar-refractivity contribution in [3.63, 3.8) is 0 Å². The third kappa shape index (κ3) is 5.75. The van der Waals surface area contributed by atoms with Gasteiger partial charge in [-0.15, -0.1) is 0 Å². The highest BCUT2D eigenvalue weighted by atomic mass is 16.5. The second kappa shape index (κ2) is 10.7. The van der Waals surface area contributed by atoms with Crippen LogP contribution in [0.2, 0.25) is 0 Å². The number of likely N-dealkylation sites (N-methyl/N-ethyl adjacent to an activating group) is 1. The van der Waals surface area contributed by atoms with E-state index in [1.807, 2.05) is 60.2 Å². The van der Waals surface area contributed by atoms with Gasteiger partial charge in [0.05, 0.1) is 6.54 Å². The van der Waals surface area contributed by atoms with Gasteiger partial charge in [0.15, 0.2) is 5.96 Å². The number of rotatable bonds is 8. The number of carbonyl (C=O) groups is 1. The summed E-state index contributed by atoms with van der Waals surface area (Å²) in [6.07, 6.45) is 1.32. The smallest absolute Gasteiger partial charge is 0.223 e. The van der Waals surface area contributed by atoms with Gasteiger partial charge in [0.2, 0.25) is 5.91 Å². The van der Waals surface area contributed by atoms with Gasteiger partial charge in [-0.1, -0.05) is 42.5 Å². The Balaban J connectivity index is 1.34. The first-order valence-corrected chi connectivity index (χ1v) is 10.5. The summed E-state index contributed by atoms with van der Waals surface area (Å²) in [4.78, 5) is 20.8. The van der Waals surface area contributed by atoms with E-state index in [2.05, 4.69) is 22.4 Å². The quantitative estimate of drug-likeness (QED) is 0.414. The van der Waals surface area contributed by atoms with Gasteiger partial charge in [0.25, 0.3) is 0 Å². The lowest BCUT2D eigenvalue weighted by Gasteiger charge is -2.22. The van der Waals surface area contributed by atoms with Gasteiger partial charge >= 0.3 is 0 Å². The number of nitrogens with zero attached hydrogens (tertiary/aromatic N) is 3. The van der Waals surface area contributed by atoms with Gasteiger partial charge in [-0.25, -0.2) is 0 Å². The zero-order valence-corrected chi connectivity index (χ0v) is 18.2. The summed E-state index contributed by atoms with van der Waals surface area (Å²) < 4.78 is 5.87. The third-order valence-corrected chi connectivity index (χ3v) is 5.40. The van der Waals surface area contributed by atoms with Gasteiger partial charge in [0.1, 0.15) is 12.4 Å². The van der Waals surface area contributed by atoms with E-state index in [1.54, 1.807) is 7.05 Å². The third-order valence-electron chi connectivity index (χ3n) is 5.40. The molecule has 1 heterocycles. The van der Waals surface area contributed by atoms with Crippen molar-refractivity contribution in [2.75, 3.05) is 33.8 Å². The summed E-state index contributed by atoms with van der Waals surface area (Å²) >= 11 is 0. The van der Waals surface area contributed by atoms with Gasteiger partial charge in [-0.05, 0) is 36.1 Å². The molecule has 1 N–H and O–H groups in total. The molecule has 0 bridgehead atoms. The van der Waals surface area contributed by atoms with Crippen LogP contribution in [0.5, 0.6) is 5.75 Å². The van der Waals surface area contributed by atoms with E-state index in [0.717, 1.165) is 43.3 Å². The summed E-state index contributed by atoms with van der Waals surface area (Å²) in [6, 6.07) is 16.3. The topological polar surface area (TPSA) is 57.2 Å². The Morgan fingerprint density at radius 1 is 1.13 bits per heavy atom. The molecule has 1 amide bonds. The van der Waals surface area contributed by atoms with Crippen molar-refractivity contribution >= 4 is 11.9 Å². The fraction of sp³-hybridized carbons (Fsp3) is 0.417. The van der Waals surface area contributed by atoms with Crippen LogP contribution in [0, 0.1) is 6.92 Å². The highest BCUT2D eigenvalue weighted by molar-refractivity contribution is 5.80.